The van der Waals surface area contributed by atoms with Crippen molar-refractivity contribution < 1.29 is 19.1 Å². The Morgan fingerprint density at radius 1 is 1.23 bits per heavy atom. The summed E-state index contributed by atoms with van der Waals surface area (Å²) in [7, 11) is 0. The summed E-state index contributed by atoms with van der Waals surface area (Å²) in [5.74, 6) is -0.0553. The van der Waals surface area contributed by atoms with E-state index in [1.807, 2.05) is 4.90 Å². The van der Waals surface area contributed by atoms with E-state index in [9.17, 15) is 14.4 Å². The molecule has 1 aromatic heterocycles. The van der Waals surface area contributed by atoms with Crippen molar-refractivity contribution in [3.63, 3.8) is 0 Å². The third-order valence-corrected chi connectivity index (χ3v) is 5.97. The first-order valence-electron chi connectivity index (χ1n) is 10.4. The molecule has 5 rings (SSSR count). The van der Waals surface area contributed by atoms with Crippen molar-refractivity contribution in [1.82, 2.24) is 9.97 Å². The van der Waals surface area contributed by atoms with Gasteiger partial charge in [0.2, 0.25) is 24.6 Å². The maximum absolute atomic E-state index is 13.0. The van der Waals surface area contributed by atoms with Gasteiger partial charge in [0.25, 0.3) is 5.56 Å². The van der Waals surface area contributed by atoms with Gasteiger partial charge in [-0.2, -0.15) is 4.98 Å². The number of nitrogens with one attached hydrogen (secondary N) is 3. The predicted molar refractivity (Wildman–Crippen MR) is 113 cm³/mol. The third-order valence-electron chi connectivity index (χ3n) is 5.97. The van der Waals surface area contributed by atoms with Crippen LogP contribution in [-0.4, -0.2) is 41.2 Å². The molecule has 10 nitrogen and oxygen atoms in total. The van der Waals surface area contributed by atoms with Crippen molar-refractivity contribution >= 4 is 29.3 Å². The first kappa shape index (κ1) is 19.4. The lowest BCUT2D eigenvalue weighted by molar-refractivity contribution is -0.123. The summed E-state index contributed by atoms with van der Waals surface area (Å²) in [6.45, 7) is 2.99. The highest BCUT2D eigenvalue weighted by molar-refractivity contribution is 6.04. The normalized spacial score (nSPS) is 22.0. The van der Waals surface area contributed by atoms with Crippen LogP contribution in [0.5, 0.6) is 11.5 Å². The molecule has 3 aliphatic rings. The van der Waals surface area contributed by atoms with Crippen LogP contribution in [-0.2, 0) is 9.59 Å². The topological polar surface area (TPSA) is 126 Å². The Morgan fingerprint density at radius 2 is 2.06 bits per heavy atom. The molecule has 0 saturated carbocycles. The number of carbonyl (C=O) groups excluding carboxylic acids is 2. The largest absolute Gasteiger partial charge is 0.454 e. The Morgan fingerprint density at radius 3 is 2.90 bits per heavy atom. The summed E-state index contributed by atoms with van der Waals surface area (Å²) in [6, 6.07) is 5.26. The van der Waals surface area contributed by atoms with Crippen molar-refractivity contribution in [2.75, 3.05) is 28.9 Å². The molecule has 0 spiro atoms. The monoisotopic (exact) mass is 425 g/mol. The zero-order valence-corrected chi connectivity index (χ0v) is 17.1. The first-order valence-corrected chi connectivity index (χ1v) is 10.4. The van der Waals surface area contributed by atoms with Gasteiger partial charge >= 0.3 is 0 Å². The van der Waals surface area contributed by atoms with Gasteiger partial charge in [-0.15, -0.1) is 0 Å². The molecule has 1 aromatic carbocycles. The fourth-order valence-electron chi connectivity index (χ4n) is 4.34. The van der Waals surface area contributed by atoms with Gasteiger partial charge in [0, 0.05) is 30.8 Å². The van der Waals surface area contributed by atoms with E-state index in [1.54, 1.807) is 18.2 Å². The molecule has 3 aliphatic heterocycles. The molecule has 0 bridgehead atoms. The lowest BCUT2D eigenvalue weighted by Gasteiger charge is -2.34. The van der Waals surface area contributed by atoms with E-state index < -0.39 is 17.4 Å². The molecular formula is C21H23N5O5. The molecule has 2 aromatic rings. The van der Waals surface area contributed by atoms with Crippen LogP contribution in [0.15, 0.2) is 23.0 Å². The molecule has 1 saturated heterocycles. The molecule has 162 valence electrons. The lowest BCUT2D eigenvalue weighted by atomic mass is 9.92. The number of aromatic amines is 1. The number of nitrogens with zero attached hydrogens (tertiary/aromatic N) is 2. The molecule has 0 aliphatic carbocycles. The van der Waals surface area contributed by atoms with Crippen LogP contribution in [0.4, 0.5) is 17.5 Å². The van der Waals surface area contributed by atoms with E-state index in [0.29, 0.717) is 23.1 Å². The highest BCUT2D eigenvalue weighted by atomic mass is 16.7. The smallest absolute Gasteiger partial charge is 0.258 e. The summed E-state index contributed by atoms with van der Waals surface area (Å²) < 4.78 is 10.6. The molecule has 0 radical (unpaired) electrons. The maximum Gasteiger partial charge on any atom is 0.258 e. The van der Waals surface area contributed by atoms with Gasteiger partial charge < -0.3 is 25.0 Å². The van der Waals surface area contributed by atoms with E-state index in [-0.39, 0.29) is 36.5 Å². The molecule has 10 heteroatoms. The second-order valence-corrected chi connectivity index (χ2v) is 8.05. The fraction of sp³-hybridized carbons (Fsp3) is 0.429. The average molecular weight is 425 g/mol. The highest BCUT2D eigenvalue weighted by Gasteiger charge is 2.35. The number of amides is 2. The number of anilines is 3. The maximum atomic E-state index is 13.0. The van der Waals surface area contributed by atoms with Gasteiger partial charge in [-0.25, -0.2) is 0 Å². The van der Waals surface area contributed by atoms with Crippen LogP contribution >= 0.6 is 0 Å². The van der Waals surface area contributed by atoms with Crippen LogP contribution in [0.1, 0.15) is 44.1 Å². The number of benzene rings is 1. The number of carbonyl (C=O) groups is 2. The molecular weight excluding hydrogens is 402 g/mol. The van der Waals surface area contributed by atoms with Crippen molar-refractivity contribution in [3.05, 3.63) is 34.1 Å². The number of aromatic nitrogens is 2. The molecule has 3 N–H and O–H groups in total. The quantitative estimate of drug-likeness (QED) is 0.686. The molecule has 1 fully saturated rings. The van der Waals surface area contributed by atoms with Crippen LogP contribution in [0.25, 0.3) is 0 Å². The molecule has 31 heavy (non-hydrogen) atoms. The van der Waals surface area contributed by atoms with E-state index in [4.69, 9.17) is 9.47 Å². The minimum atomic E-state index is -0.946. The fourth-order valence-corrected chi connectivity index (χ4v) is 4.34. The summed E-state index contributed by atoms with van der Waals surface area (Å²) in [6.07, 6.45) is 3.02. The zero-order chi connectivity index (χ0) is 21.5. The second-order valence-electron chi connectivity index (χ2n) is 8.05. The minimum Gasteiger partial charge on any atom is -0.454 e. The van der Waals surface area contributed by atoms with E-state index in [1.165, 1.54) is 0 Å². The summed E-state index contributed by atoms with van der Waals surface area (Å²) in [5.41, 5.74) is 0.250. The van der Waals surface area contributed by atoms with Crippen LogP contribution < -0.4 is 30.6 Å². The molecule has 2 amide bonds. The van der Waals surface area contributed by atoms with Gasteiger partial charge in [0.05, 0.1) is 11.5 Å². The van der Waals surface area contributed by atoms with Crippen molar-refractivity contribution in [1.29, 1.82) is 0 Å². The molecule has 0 unspecified atom stereocenters. The average Bonchev–Trinajstić information content (AvgIpc) is 3.21. The Hall–Kier alpha value is -3.56. The van der Waals surface area contributed by atoms with Crippen molar-refractivity contribution in [2.45, 2.75) is 44.6 Å². The number of fused-ring (bicyclic) bond motifs is 2. The highest BCUT2D eigenvalue weighted by Crippen LogP contribution is 2.35. The SMILES string of the molecule is C[C@@H]1CCCCN1c1nc2c(c(=O)[nH]1)[C@@H](C(=O)Nc1ccc3c(c1)OCO3)CC(=O)N2. The number of H-pyrrole nitrogens is 1. The van der Waals surface area contributed by atoms with Gasteiger partial charge in [-0.3, -0.25) is 19.4 Å². The summed E-state index contributed by atoms with van der Waals surface area (Å²) >= 11 is 0. The number of ether oxygens (including phenoxy) is 2. The van der Waals surface area contributed by atoms with Gasteiger partial charge in [0.15, 0.2) is 11.5 Å². The van der Waals surface area contributed by atoms with Crippen LogP contribution in [0.3, 0.4) is 0 Å². The number of rotatable bonds is 3. The Bertz CT molecular complexity index is 1110. The summed E-state index contributed by atoms with van der Waals surface area (Å²) in [4.78, 5) is 47.7. The van der Waals surface area contributed by atoms with Crippen LogP contribution in [0, 0.1) is 0 Å². The van der Waals surface area contributed by atoms with Crippen LogP contribution in [0.2, 0.25) is 0 Å². The number of piperidine rings is 1. The number of hydrogen-bond acceptors (Lipinski definition) is 7. The predicted octanol–water partition coefficient (Wildman–Crippen LogP) is 1.94. The molecule has 4 heterocycles. The second kappa shape index (κ2) is 7.60. The van der Waals surface area contributed by atoms with E-state index in [0.717, 1.165) is 25.8 Å². The van der Waals surface area contributed by atoms with E-state index >= 15 is 0 Å². The Kier molecular flexibility index (Phi) is 4.76. The lowest BCUT2D eigenvalue weighted by Crippen LogP contribution is -2.41. The van der Waals surface area contributed by atoms with Crippen molar-refractivity contribution in [2.24, 2.45) is 0 Å². The summed E-state index contributed by atoms with van der Waals surface area (Å²) in [5, 5.41) is 5.43. The third kappa shape index (κ3) is 3.58. The van der Waals surface area contributed by atoms with Gasteiger partial charge in [-0.1, -0.05) is 0 Å². The van der Waals surface area contributed by atoms with Gasteiger partial charge in [0.1, 0.15) is 5.82 Å². The molecule has 2 atom stereocenters. The minimum absolute atomic E-state index is 0.127. The number of hydrogen-bond donors (Lipinski definition) is 3. The Labute approximate surface area is 177 Å². The standard InChI is InChI=1S/C21H23N5O5/c1-11-4-2-3-7-26(11)21-24-18-17(20(29)25-21)13(9-16(27)23-18)19(28)22-12-5-6-14-15(8-12)31-10-30-14/h5-6,8,11,13H,2-4,7,9-10H2,1H3,(H,22,28)(H2,23,24,25,27,29)/t11-,13+/m1/s1. The Balaban J connectivity index is 1.44. The first-order chi connectivity index (χ1) is 15.0. The van der Waals surface area contributed by atoms with Gasteiger partial charge in [-0.05, 0) is 38.3 Å². The van der Waals surface area contributed by atoms with E-state index in [2.05, 4.69) is 27.5 Å². The van der Waals surface area contributed by atoms with Crippen molar-refractivity contribution in [3.8, 4) is 11.5 Å². The zero-order valence-electron chi connectivity index (χ0n) is 17.1.